The molecule has 3 rings (SSSR count). The Labute approximate surface area is 125 Å². The Kier molecular flexibility index (Phi) is 4.71. The normalized spacial score (nSPS) is 31.1. The van der Waals surface area contributed by atoms with Crippen molar-refractivity contribution in [2.24, 2.45) is 5.41 Å². The second kappa shape index (κ2) is 6.52. The Morgan fingerprint density at radius 3 is 3.35 bits per heavy atom. The topological polar surface area (TPSA) is 34.6 Å². The molecule has 0 amide bonds. The van der Waals surface area contributed by atoms with E-state index in [0.29, 0.717) is 6.10 Å². The van der Waals surface area contributed by atoms with E-state index in [1.165, 1.54) is 11.4 Å². The van der Waals surface area contributed by atoms with Gasteiger partial charge < -0.3 is 9.47 Å². The predicted molar refractivity (Wildman–Crippen MR) is 79.9 cm³/mol. The van der Waals surface area contributed by atoms with Gasteiger partial charge in [-0.1, -0.05) is 0 Å². The molecule has 0 unspecified atom stereocenters. The van der Waals surface area contributed by atoms with Gasteiger partial charge in [-0.05, 0) is 26.2 Å². The molecule has 2 fully saturated rings. The van der Waals surface area contributed by atoms with Crippen LogP contribution in [0.5, 0.6) is 0 Å². The second-order valence-corrected chi connectivity index (χ2v) is 6.87. The summed E-state index contributed by atoms with van der Waals surface area (Å²) >= 11 is 1.75. The van der Waals surface area contributed by atoms with Crippen LogP contribution < -0.4 is 0 Å². The number of nitrogens with zero attached hydrogens (tertiary/aromatic N) is 2. The maximum Gasteiger partial charge on any atom is 0.107 e. The molecule has 0 spiro atoms. The SMILES string of the molecule is CCOC[C@]12CCCO[C@@H]1CCN(Cc1nccs1)C2. The lowest BCUT2D eigenvalue weighted by atomic mass is 9.73. The van der Waals surface area contributed by atoms with Crippen LogP contribution in [-0.2, 0) is 16.0 Å². The van der Waals surface area contributed by atoms with Crippen LogP contribution in [0.3, 0.4) is 0 Å². The third kappa shape index (κ3) is 3.06. The molecular formula is C15H24N2O2S. The number of rotatable bonds is 5. The number of ether oxygens (including phenoxy) is 2. The fraction of sp³-hybridized carbons (Fsp3) is 0.800. The van der Waals surface area contributed by atoms with Crippen LogP contribution in [0.25, 0.3) is 0 Å². The summed E-state index contributed by atoms with van der Waals surface area (Å²) in [4.78, 5) is 6.94. The van der Waals surface area contributed by atoms with Crippen LogP contribution in [0.1, 0.15) is 31.2 Å². The van der Waals surface area contributed by atoms with Gasteiger partial charge in [0, 0.05) is 43.3 Å². The molecule has 0 N–H and O–H groups in total. The van der Waals surface area contributed by atoms with E-state index >= 15 is 0 Å². The minimum Gasteiger partial charge on any atom is -0.381 e. The molecule has 0 radical (unpaired) electrons. The predicted octanol–water partition coefficient (Wildman–Crippen LogP) is 2.55. The van der Waals surface area contributed by atoms with Gasteiger partial charge in [0.05, 0.1) is 19.3 Å². The van der Waals surface area contributed by atoms with Crippen molar-refractivity contribution in [1.82, 2.24) is 9.88 Å². The highest BCUT2D eigenvalue weighted by Gasteiger charge is 2.46. The molecule has 0 aliphatic carbocycles. The van der Waals surface area contributed by atoms with Gasteiger partial charge in [0.2, 0.25) is 0 Å². The lowest BCUT2D eigenvalue weighted by Crippen LogP contribution is -2.56. The average Bonchev–Trinajstić information content (AvgIpc) is 2.98. The van der Waals surface area contributed by atoms with Crippen LogP contribution in [0.15, 0.2) is 11.6 Å². The minimum absolute atomic E-state index is 0.198. The molecule has 5 heteroatoms. The van der Waals surface area contributed by atoms with Crippen LogP contribution in [0, 0.1) is 5.41 Å². The summed E-state index contributed by atoms with van der Waals surface area (Å²) < 4.78 is 11.8. The molecule has 3 heterocycles. The summed E-state index contributed by atoms with van der Waals surface area (Å²) in [6, 6.07) is 0. The van der Waals surface area contributed by atoms with Gasteiger partial charge in [-0.2, -0.15) is 0 Å². The van der Waals surface area contributed by atoms with E-state index < -0.39 is 0 Å². The quantitative estimate of drug-likeness (QED) is 0.836. The van der Waals surface area contributed by atoms with Gasteiger partial charge in [0.1, 0.15) is 5.01 Å². The average molecular weight is 296 g/mol. The molecular weight excluding hydrogens is 272 g/mol. The first-order chi connectivity index (χ1) is 9.82. The lowest BCUT2D eigenvalue weighted by Gasteiger charge is -2.50. The fourth-order valence-electron chi connectivity index (χ4n) is 3.56. The van der Waals surface area contributed by atoms with E-state index in [1.807, 2.05) is 6.20 Å². The zero-order valence-electron chi connectivity index (χ0n) is 12.2. The van der Waals surface area contributed by atoms with Crippen LogP contribution in [0.2, 0.25) is 0 Å². The van der Waals surface area contributed by atoms with Gasteiger partial charge in [-0.15, -0.1) is 11.3 Å². The Hall–Kier alpha value is -0.490. The highest BCUT2D eigenvalue weighted by molar-refractivity contribution is 7.09. The van der Waals surface area contributed by atoms with Crippen molar-refractivity contribution in [1.29, 1.82) is 0 Å². The van der Waals surface area contributed by atoms with Gasteiger partial charge in [-0.25, -0.2) is 4.98 Å². The summed E-state index contributed by atoms with van der Waals surface area (Å²) in [6.45, 7) is 7.79. The highest BCUT2D eigenvalue weighted by atomic mass is 32.1. The molecule has 2 aliphatic heterocycles. The van der Waals surface area contributed by atoms with Gasteiger partial charge in [0.25, 0.3) is 0 Å². The van der Waals surface area contributed by atoms with Crippen molar-refractivity contribution < 1.29 is 9.47 Å². The number of thiazole rings is 1. The molecule has 112 valence electrons. The standard InChI is InChI=1S/C15H24N2O2S/c1-2-18-12-15-5-3-8-19-13(15)4-7-17(11-15)10-14-16-6-9-20-14/h6,9,13H,2-5,7-8,10-12H2,1H3/t13-,15-/m1/s1. The molecule has 4 nitrogen and oxygen atoms in total. The highest BCUT2D eigenvalue weighted by Crippen LogP contribution is 2.40. The number of piperidine rings is 1. The Morgan fingerprint density at radius 2 is 2.55 bits per heavy atom. The van der Waals surface area contributed by atoms with E-state index in [2.05, 4.69) is 22.2 Å². The van der Waals surface area contributed by atoms with Gasteiger partial charge in [0.15, 0.2) is 0 Å². The van der Waals surface area contributed by atoms with Crippen molar-refractivity contribution in [3.8, 4) is 0 Å². The fourth-order valence-corrected chi connectivity index (χ4v) is 4.21. The molecule has 1 aromatic heterocycles. The van der Waals surface area contributed by atoms with Crippen molar-refractivity contribution >= 4 is 11.3 Å². The van der Waals surface area contributed by atoms with E-state index in [0.717, 1.165) is 52.3 Å². The zero-order valence-corrected chi connectivity index (χ0v) is 13.0. The molecule has 2 aliphatic rings. The Balaban J connectivity index is 1.68. The summed E-state index contributed by atoms with van der Waals surface area (Å²) in [5.41, 5.74) is 0.198. The monoisotopic (exact) mass is 296 g/mol. The van der Waals surface area contributed by atoms with Crippen LogP contribution in [0.4, 0.5) is 0 Å². The van der Waals surface area contributed by atoms with Crippen molar-refractivity contribution in [2.45, 2.75) is 38.8 Å². The second-order valence-electron chi connectivity index (χ2n) is 5.89. The van der Waals surface area contributed by atoms with E-state index in [-0.39, 0.29) is 5.41 Å². The number of hydrogen-bond acceptors (Lipinski definition) is 5. The van der Waals surface area contributed by atoms with Crippen molar-refractivity contribution in [2.75, 3.05) is 32.9 Å². The smallest absolute Gasteiger partial charge is 0.107 e. The minimum atomic E-state index is 0.198. The van der Waals surface area contributed by atoms with Crippen molar-refractivity contribution in [3.05, 3.63) is 16.6 Å². The zero-order chi connectivity index (χ0) is 13.8. The summed E-state index contributed by atoms with van der Waals surface area (Å²) in [5.74, 6) is 0. The number of likely N-dealkylation sites (tertiary alicyclic amines) is 1. The first-order valence-corrected chi connectivity index (χ1v) is 8.50. The van der Waals surface area contributed by atoms with Gasteiger partial charge in [-0.3, -0.25) is 4.90 Å². The van der Waals surface area contributed by atoms with Crippen LogP contribution >= 0.6 is 11.3 Å². The largest absolute Gasteiger partial charge is 0.381 e. The summed E-state index contributed by atoms with van der Waals surface area (Å²) in [7, 11) is 0. The van der Waals surface area contributed by atoms with Crippen LogP contribution in [-0.4, -0.2) is 48.9 Å². The molecule has 0 aromatic carbocycles. The van der Waals surface area contributed by atoms with E-state index in [9.17, 15) is 0 Å². The molecule has 2 atom stereocenters. The molecule has 1 aromatic rings. The summed E-state index contributed by atoms with van der Waals surface area (Å²) in [5, 5.41) is 3.27. The maximum atomic E-state index is 6.05. The molecule has 2 saturated heterocycles. The van der Waals surface area contributed by atoms with E-state index in [4.69, 9.17) is 9.47 Å². The van der Waals surface area contributed by atoms with Crippen molar-refractivity contribution in [3.63, 3.8) is 0 Å². The first-order valence-electron chi connectivity index (χ1n) is 7.62. The number of aromatic nitrogens is 1. The number of fused-ring (bicyclic) bond motifs is 1. The van der Waals surface area contributed by atoms with E-state index in [1.54, 1.807) is 11.3 Å². The first kappa shape index (κ1) is 14.4. The van der Waals surface area contributed by atoms with Gasteiger partial charge >= 0.3 is 0 Å². The Morgan fingerprint density at radius 1 is 1.60 bits per heavy atom. The third-order valence-electron chi connectivity index (χ3n) is 4.50. The molecule has 20 heavy (non-hydrogen) atoms. The number of hydrogen-bond donors (Lipinski definition) is 0. The third-order valence-corrected chi connectivity index (χ3v) is 5.27. The molecule has 0 saturated carbocycles. The molecule has 0 bridgehead atoms. The maximum absolute atomic E-state index is 6.05. The Bertz CT molecular complexity index is 412. The summed E-state index contributed by atoms with van der Waals surface area (Å²) in [6.07, 6.45) is 5.79. The lowest BCUT2D eigenvalue weighted by molar-refractivity contribution is -0.153.